The maximum absolute atomic E-state index is 12.5. The Kier molecular flexibility index (Phi) is 9.26. The van der Waals surface area contributed by atoms with E-state index in [0.717, 1.165) is 0 Å². The van der Waals surface area contributed by atoms with E-state index in [2.05, 4.69) is 0 Å². The molecule has 0 N–H and O–H groups in total. The second-order valence-corrected chi connectivity index (χ2v) is 5.13. The second kappa shape index (κ2) is 7.98. The predicted octanol–water partition coefficient (Wildman–Crippen LogP) is 0.0313. The van der Waals surface area contributed by atoms with Crippen LogP contribution in [0.15, 0.2) is 0 Å². The Morgan fingerprint density at radius 2 is 1.22 bits per heavy atom. The molecule has 0 aliphatic rings. The molecule has 0 aliphatic carbocycles. The molecule has 18 heavy (non-hydrogen) atoms. The monoisotopic (exact) mass is 306 g/mol. The molecule has 0 aliphatic heterocycles. The van der Waals surface area contributed by atoms with Crippen molar-refractivity contribution in [3.63, 3.8) is 0 Å². The Morgan fingerprint density at radius 3 is 1.56 bits per heavy atom. The zero-order valence-corrected chi connectivity index (χ0v) is 12.6. The summed E-state index contributed by atoms with van der Waals surface area (Å²) in [6, 6.07) is 0. The second-order valence-electron chi connectivity index (χ2n) is 3.62. The van der Waals surface area contributed by atoms with Gasteiger partial charge in [-0.25, -0.2) is 8.42 Å². The summed E-state index contributed by atoms with van der Waals surface area (Å²) in [4.78, 5) is 0. The quantitative estimate of drug-likeness (QED) is 0.289. The smallest absolute Gasteiger partial charge is 0.743 e. The molecule has 0 radical (unpaired) electrons. The third-order valence-electron chi connectivity index (χ3n) is 2.04. The zero-order valence-electron chi connectivity index (χ0n) is 9.77. The fraction of sp³-hybridized carbons (Fsp3) is 1.00. The molecule has 0 bridgehead atoms. The maximum atomic E-state index is 12.5. The molecule has 0 saturated carbocycles. The van der Waals surface area contributed by atoms with E-state index < -0.39 is 34.4 Å². The van der Waals surface area contributed by atoms with E-state index in [9.17, 15) is 34.9 Å². The van der Waals surface area contributed by atoms with Gasteiger partial charge in [0.15, 0.2) is 10.1 Å². The molecule has 0 rings (SSSR count). The van der Waals surface area contributed by atoms with Gasteiger partial charge in [0.25, 0.3) is 0 Å². The number of alkyl halides is 5. The Morgan fingerprint density at radius 1 is 0.833 bits per heavy atom. The molecule has 0 amide bonds. The van der Waals surface area contributed by atoms with Gasteiger partial charge in [-0.05, 0) is 12.8 Å². The Balaban J connectivity index is 0. The molecular formula is C8H12F5NaO3S. The van der Waals surface area contributed by atoms with Crippen LogP contribution < -0.4 is 29.6 Å². The summed E-state index contributed by atoms with van der Waals surface area (Å²) in [5, 5.41) is -4.34. The minimum absolute atomic E-state index is 0. The molecule has 0 unspecified atom stereocenters. The summed E-state index contributed by atoms with van der Waals surface area (Å²) >= 11 is 0. The van der Waals surface area contributed by atoms with Gasteiger partial charge in [-0.1, -0.05) is 12.8 Å². The van der Waals surface area contributed by atoms with Gasteiger partial charge in [0.1, 0.15) is 0 Å². The molecule has 3 nitrogen and oxygen atoms in total. The molecule has 0 aromatic rings. The van der Waals surface area contributed by atoms with Crippen molar-refractivity contribution < 1.29 is 64.5 Å². The van der Waals surface area contributed by atoms with E-state index in [1.54, 1.807) is 0 Å². The fourth-order valence-corrected chi connectivity index (χ4v) is 1.53. The molecule has 104 valence electrons. The summed E-state index contributed by atoms with van der Waals surface area (Å²) in [7, 11) is -5.68. The van der Waals surface area contributed by atoms with Gasteiger partial charge in [-0.15, -0.1) is 0 Å². The Labute approximate surface area is 124 Å². The molecule has 0 atom stereocenters. The van der Waals surface area contributed by atoms with Gasteiger partial charge in [-0.2, -0.15) is 22.0 Å². The van der Waals surface area contributed by atoms with E-state index in [-0.39, 0.29) is 55.2 Å². The molecule has 0 saturated heterocycles. The van der Waals surface area contributed by atoms with Gasteiger partial charge < -0.3 is 4.55 Å². The summed E-state index contributed by atoms with van der Waals surface area (Å²) in [6.07, 6.45) is -6.82. The van der Waals surface area contributed by atoms with Crippen molar-refractivity contribution in [3.05, 3.63) is 0 Å². The van der Waals surface area contributed by atoms with Crippen LogP contribution in [0.25, 0.3) is 0 Å². The topological polar surface area (TPSA) is 57.2 Å². The van der Waals surface area contributed by atoms with E-state index in [4.69, 9.17) is 0 Å². The number of unbranched alkanes of at least 4 members (excludes halogenated alkanes) is 3. The first-order valence-electron chi connectivity index (χ1n) is 4.86. The average Bonchev–Trinajstić information content (AvgIpc) is 2.07. The fourth-order valence-electron chi connectivity index (χ4n) is 1.13. The van der Waals surface area contributed by atoms with E-state index in [1.165, 1.54) is 0 Å². The van der Waals surface area contributed by atoms with E-state index >= 15 is 0 Å². The van der Waals surface area contributed by atoms with Crippen molar-refractivity contribution in [1.29, 1.82) is 0 Å². The van der Waals surface area contributed by atoms with Gasteiger partial charge in [0.2, 0.25) is 0 Å². The van der Waals surface area contributed by atoms with Crippen LogP contribution >= 0.6 is 0 Å². The first kappa shape index (κ1) is 20.9. The van der Waals surface area contributed by atoms with E-state index in [1.807, 2.05) is 0 Å². The standard InChI is InChI=1S/C8H13F5O3S.Na/c9-7(10,11)5-3-1-2-4-6-8(12,13)17(14,15)16;/h1-6H2,(H,14,15,16);/q;+1/p-1. The molecule has 0 fully saturated rings. The van der Waals surface area contributed by atoms with Gasteiger partial charge in [0, 0.05) is 12.8 Å². The van der Waals surface area contributed by atoms with E-state index in [0.29, 0.717) is 0 Å². The van der Waals surface area contributed by atoms with Gasteiger partial charge in [0.05, 0.1) is 0 Å². The predicted molar refractivity (Wildman–Crippen MR) is 48.4 cm³/mol. The van der Waals surface area contributed by atoms with Gasteiger partial charge >= 0.3 is 41.0 Å². The minimum Gasteiger partial charge on any atom is -0.743 e. The first-order chi connectivity index (χ1) is 7.46. The van der Waals surface area contributed by atoms with Crippen LogP contribution in [0, 0.1) is 0 Å². The van der Waals surface area contributed by atoms with Crippen LogP contribution in [0.1, 0.15) is 38.5 Å². The Bertz CT molecular complexity index is 328. The molecule has 0 aromatic heterocycles. The Hall–Kier alpha value is 0.560. The SMILES string of the molecule is O=S(=O)([O-])C(F)(F)CCCCCCC(F)(F)F.[Na+]. The largest absolute Gasteiger partial charge is 1.00 e. The van der Waals surface area contributed by atoms with Crippen molar-refractivity contribution in [1.82, 2.24) is 0 Å². The van der Waals surface area contributed by atoms with Crippen molar-refractivity contribution in [3.8, 4) is 0 Å². The van der Waals surface area contributed by atoms with Gasteiger partial charge in [-0.3, -0.25) is 0 Å². The number of rotatable bonds is 7. The average molecular weight is 306 g/mol. The van der Waals surface area contributed by atoms with Crippen LogP contribution in [0.5, 0.6) is 0 Å². The molecule has 0 heterocycles. The zero-order chi connectivity index (χ0) is 13.7. The summed E-state index contributed by atoms with van der Waals surface area (Å²) < 4.78 is 90.3. The van der Waals surface area contributed by atoms with Crippen molar-refractivity contribution in [2.45, 2.75) is 50.0 Å². The summed E-state index contributed by atoms with van der Waals surface area (Å²) in [6.45, 7) is 0. The van der Waals surface area contributed by atoms with Crippen molar-refractivity contribution in [2.24, 2.45) is 0 Å². The molecule has 0 aromatic carbocycles. The van der Waals surface area contributed by atoms with Crippen LogP contribution in [-0.2, 0) is 10.1 Å². The van der Waals surface area contributed by atoms with Crippen LogP contribution in [0.4, 0.5) is 22.0 Å². The number of hydrogen-bond donors (Lipinski definition) is 0. The molecule has 10 heteroatoms. The third kappa shape index (κ3) is 9.48. The molecule has 0 spiro atoms. The number of hydrogen-bond acceptors (Lipinski definition) is 3. The van der Waals surface area contributed by atoms with Crippen molar-refractivity contribution in [2.75, 3.05) is 0 Å². The van der Waals surface area contributed by atoms with Crippen LogP contribution in [-0.4, -0.2) is 24.4 Å². The molecular weight excluding hydrogens is 294 g/mol. The summed E-state index contributed by atoms with van der Waals surface area (Å²) in [5.74, 6) is 0. The number of halogens is 5. The maximum Gasteiger partial charge on any atom is 1.00 e. The minimum atomic E-state index is -5.68. The third-order valence-corrected chi connectivity index (χ3v) is 2.98. The van der Waals surface area contributed by atoms with Crippen LogP contribution in [0.3, 0.4) is 0 Å². The first-order valence-corrected chi connectivity index (χ1v) is 6.26. The van der Waals surface area contributed by atoms with Crippen molar-refractivity contribution >= 4 is 10.1 Å². The summed E-state index contributed by atoms with van der Waals surface area (Å²) in [5.41, 5.74) is 0. The normalized spacial score (nSPS) is 13.2. The van der Waals surface area contributed by atoms with Crippen LogP contribution in [0.2, 0.25) is 0 Å².